The van der Waals surface area contributed by atoms with Crippen LogP contribution in [0.3, 0.4) is 0 Å². The molecule has 0 spiro atoms. The predicted molar refractivity (Wildman–Crippen MR) is 70.9 cm³/mol. The van der Waals surface area contributed by atoms with Gasteiger partial charge in [-0.2, -0.15) is 0 Å². The molecule has 0 atom stereocenters. The van der Waals surface area contributed by atoms with E-state index in [2.05, 4.69) is 11.9 Å². The Bertz CT molecular complexity index is 408. The Morgan fingerprint density at radius 2 is 2.00 bits per heavy atom. The number of carbonyl (C=O) groups excluding carboxylic acids is 1. The molecule has 1 heterocycles. The smallest absolute Gasteiger partial charge is 0.253 e. The zero-order valence-corrected chi connectivity index (χ0v) is 10.4. The van der Waals surface area contributed by atoms with E-state index in [1.54, 1.807) is 6.08 Å². The van der Waals surface area contributed by atoms with Crippen LogP contribution in [0.4, 0.5) is 0 Å². The molecule has 2 rings (SSSR count). The van der Waals surface area contributed by atoms with Crippen molar-refractivity contribution in [2.75, 3.05) is 32.8 Å². The first-order valence-corrected chi connectivity index (χ1v) is 6.15. The molecular formula is C14H18N2O2. The maximum absolute atomic E-state index is 12.2. The average molecular weight is 246 g/mol. The third-order valence-corrected chi connectivity index (χ3v) is 2.87. The lowest BCUT2D eigenvalue weighted by atomic mass is 10.2. The standard InChI is InChI=1S/C14H18N2O2/c1-2-11-18-13-5-3-12(4-6-13)14(17)16-9-7-15-8-10-16/h2-6,15H,1,7-11H2. The molecule has 4 nitrogen and oxygen atoms in total. The van der Waals surface area contributed by atoms with Crippen LogP contribution in [0.1, 0.15) is 10.4 Å². The molecule has 1 saturated heterocycles. The minimum absolute atomic E-state index is 0.0896. The van der Waals surface area contributed by atoms with Crippen LogP contribution in [0, 0.1) is 0 Å². The molecule has 1 aliphatic rings. The van der Waals surface area contributed by atoms with Gasteiger partial charge in [-0.25, -0.2) is 0 Å². The van der Waals surface area contributed by atoms with E-state index < -0.39 is 0 Å². The molecule has 1 aliphatic heterocycles. The molecule has 4 heteroatoms. The van der Waals surface area contributed by atoms with Crippen molar-refractivity contribution in [3.05, 3.63) is 42.5 Å². The van der Waals surface area contributed by atoms with Gasteiger partial charge in [0.25, 0.3) is 5.91 Å². The van der Waals surface area contributed by atoms with Crippen molar-refractivity contribution in [2.45, 2.75) is 0 Å². The van der Waals surface area contributed by atoms with Crippen LogP contribution in [0.25, 0.3) is 0 Å². The maximum Gasteiger partial charge on any atom is 0.253 e. The van der Waals surface area contributed by atoms with E-state index in [1.807, 2.05) is 29.2 Å². The Labute approximate surface area is 107 Å². The number of nitrogens with zero attached hydrogens (tertiary/aromatic N) is 1. The van der Waals surface area contributed by atoms with Gasteiger partial charge in [-0.05, 0) is 24.3 Å². The van der Waals surface area contributed by atoms with E-state index in [0.29, 0.717) is 12.2 Å². The van der Waals surface area contributed by atoms with E-state index in [-0.39, 0.29) is 5.91 Å². The number of hydrogen-bond donors (Lipinski definition) is 1. The van der Waals surface area contributed by atoms with Gasteiger partial charge in [0, 0.05) is 31.7 Å². The number of benzene rings is 1. The minimum Gasteiger partial charge on any atom is -0.490 e. The highest BCUT2D eigenvalue weighted by Gasteiger charge is 2.17. The fraction of sp³-hybridized carbons (Fsp3) is 0.357. The first-order chi connectivity index (χ1) is 8.81. The van der Waals surface area contributed by atoms with Crippen LogP contribution in [-0.4, -0.2) is 43.6 Å². The molecule has 0 unspecified atom stereocenters. The van der Waals surface area contributed by atoms with Gasteiger partial charge in [-0.15, -0.1) is 0 Å². The second-order valence-corrected chi connectivity index (χ2v) is 4.17. The predicted octanol–water partition coefficient (Wildman–Crippen LogP) is 1.30. The van der Waals surface area contributed by atoms with Gasteiger partial charge < -0.3 is 15.0 Å². The molecule has 0 aliphatic carbocycles. The van der Waals surface area contributed by atoms with Crippen molar-refractivity contribution in [3.63, 3.8) is 0 Å². The summed E-state index contributed by atoms with van der Waals surface area (Å²) < 4.78 is 5.38. The highest BCUT2D eigenvalue weighted by molar-refractivity contribution is 5.94. The molecule has 1 aromatic carbocycles. The van der Waals surface area contributed by atoms with Gasteiger partial charge in [0.15, 0.2) is 0 Å². The third kappa shape index (κ3) is 3.11. The summed E-state index contributed by atoms with van der Waals surface area (Å²) in [7, 11) is 0. The van der Waals surface area contributed by atoms with Crippen LogP contribution in [0.2, 0.25) is 0 Å². The van der Waals surface area contributed by atoms with Crippen molar-refractivity contribution in [2.24, 2.45) is 0 Å². The number of nitrogens with one attached hydrogen (secondary N) is 1. The lowest BCUT2D eigenvalue weighted by molar-refractivity contribution is 0.0736. The summed E-state index contributed by atoms with van der Waals surface area (Å²) in [6.45, 7) is 7.35. The SMILES string of the molecule is C=CCOc1ccc(C(=O)N2CCNCC2)cc1. The highest BCUT2D eigenvalue weighted by Crippen LogP contribution is 2.14. The van der Waals surface area contributed by atoms with Crippen molar-refractivity contribution in [1.82, 2.24) is 10.2 Å². The third-order valence-electron chi connectivity index (χ3n) is 2.87. The van der Waals surface area contributed by atoms with E-state index in [0.717, 1.165) is 31.9 Å². The summed E-state index contributed by atoms with van der Waals surface area (Å²) in [6.07, 6.45) is 1.69. The molecule has 0 radical (unpaired) electrons. The van der Waals surface area contributed by atoms with Gasteiger partial charge in [0.05, 0.1) is 0 Å². The molecule has 1 fully saturated rings. The molecule has 0 bridgehead atoms. The molecule has 1 amide bonds. The lowest BCUT2D eigenvalue weighted by Gasteiger charge is -2.27. The fourth-order valence-electron chi connectivity index (χ4n) is 1.90. The second kappa shape index (κ2) is 6.21. The largest absolute Gasteiger partial charge is 0.490 e. The van der Waals surface area contributed by atoms with Gasteiger partial charge >= 0.3 is 0 Å². The zero-order valence-electron chi connectivity index (χ0n) is 10.4. The summed E-state index contributed by atoms with van der Waals surface area (Å²) in [6, 6.07) is 7.25. The maximum atomic E-state index is 12.2. The topological polar surface area (TPSA) is 41.6 Å². The van der Waals surface area contributed by atoms with E-state index in [9.17, 15) is 4.79 Å². The number of piperazine rings is 1. The van der Waals surface area contributed by atoms with Gasteiger partial charge in [-0.3, -0.25) is 4.79 Å². The molecule has 1 aromatic rings. The van der Waals surface area contributed by atoms with E-state index >= 15 is 0 Å². The van der Waals surface area contributed by atoms with Gasteiger partial charge in [0.2, 0.25) is 0 Å². The zero-order chi connectivity index (χ0) is 12.8. The Morgan fingerprint density at radius 1 is 1.33 bits per heavy atom. The van der Waals surface area contributed by atoms with Crippen LogP contribution in [-0.2, 0) is 0 Å². The summed E-state index contributed by atoms with van der Waals surface area (Å²) in [5, 5.41) is 3.23. The molecule has 0 aromatic heterocycles. The molecule has 1 N–H and O–H groups in total. The van der Waals surface area contributed by atoms with Crippen LogP contribution in [0.15, 0.2) is 36.9 Å². The molecule has 0 saturated carbocycles. The normalized spacial score (nSPS) is 15.2. The Kier molecular flexibility index (Phi) is 4.36. The van der Waals surface area contributed by atoms with Crippen molar-refractivity contribution >= 4 is 5.91 Å². The Hall–Kier alpha value is -1.81. The average Bonchev–Trinajstić information content (AvgIpc) is 2.46. The minimum atomic E-state index is 0.0896. The molecule has 18 heavy (non-hydrogen) atoms. The quantitative estimate of drug-likeness (QED) is 0.814. The Balaban J connectivity index is 1.99. The van der Waals surface area contributed by atoms with E-state index in [4.69, 9.17) is 4.74 Å². The van der Waals surface area contributed by atoms with Crippen molar-refractivity contribution in [3.8, 4) is 5.75 Å². The molecule has 96 valence electrons. The van der Waals surface area contributed by atoms with E-state index in [1.165, 1.54) is 0 Å². The number of rotatable bonds is 4. The number of amides is 1. The summed E-state index contributed by atoms with van der Waals surface area (Å²) in [4.78, 5) is 14.0. The lowest BCUT2D eigenvalue weighted by Crippen LogP contribution is -2.46. The van der Waals surface area contributed by atoms with Crippen LogP contribution >= 0.6 is 0 Å². The number of ether oxygens (including phenoxy) is 1. The first kappa shape index (κ1) is 12.6. The van der Waals surface area contributed by atoms with Crippen LogP contribution < -0.4 is 10.1 Å². The van der Waals surface area contributed by atoms with Crippen molar-refractivity contribution in [1.29, 1.82) is 0 Å². The highest BCUT2D eigenvalue weighted by atomic mass is 16.5. The Morgan fingerprint density at radius 3 is 2.61 bits per heavy atom. The first-order valence-electron chi connectivity index (χ1n) is 6.15. The number of carbonyl (C=O) groups is 1. The molecular weight excluding hydrogens is 228 g/mol. The van der Waals surface area contributed by atoms with Gasteiger partial charge in [0.1, 0.15) is 12.4 Å². The summed E-state index contributed by atoms with van der Waals surface area (Å²) in [5.74, 6) is 0.846. The monoisotopic (exact) mass is 246 g/mol. The summed E-state index contributed by atoms with van der Waals surface area (Å²) >= 11 is 0. The van der Waals surface area contributed by atoms with Gasteiger partial charge in [-0.1, -0.05) is 12.7 Å². The van der Waals surface area contributed by atoms with Crippen LogP contribution in [0.5, 0.6) is 5.75 Å². The fourth-order valence-corrected chi connectivity index (χ4v) is 1.90. The summed E-state index contributed by atoms with van der Waals surface area (Å²) in [5.41, 5.74) is 0.711. The second-order valence-electron chi connectivity index (χ2n) is 4.17. The number of hydrogen-bond acceptors (Lipinski definition) is 3. The van der Waals surface area contributed by atoms with Crippen molar-refractivity contribution < 1.29 is 9.53 Å².